The Labute approximate surface area is 172 Å². The van der Waals surface area contributed by atoms with E-state index in [9.17, 15) is 0 Å². The Morgan fingerprint density at radius 1 is 0.556 bits per heavy atom. The summed E-state index contributed by atoms with van der Waals surface area (Å²) in [5, 5.41) is 0. The fourth-order valence-electron chi connectivity index (χ4n) is 10.7. The number of alkyl halides is 2. The van der Waals surface area contributed by atoms with E-state index >= 15 is 0 Å². The fraction of sp³-hybridized carbons (Fsp3) is 0.840. The zero-order chi connectivity index (χ0) is 17.9. The second kappa shape index (κ2) is 3.99. The summed E-state index contributed by atoms with van der Waals surface area (Å²) in [7, 11) is 0. The molecule has 0 nitrogen and oxygen atoms in total. The molecule has 13 saturated carbocycles. The lowest BCUT2D eigenvalue weighted by molar-refractivity contribution is -0.249. The highest BCUT2D eigenvalue weighted by molar-refractivity contribution is 6.19. The van der Waals surface area contributed by atoms with Crippen LogP contribution >= 0.6 is 23.2 Å². The van der Waals surface area contributed by atoms with Gasteiger partial charge in [0.05, 0.1) is 0 Å². The third kappa shape index (κ3) is 1.24. The van der Waals surface area contributed by atoms with Crippen LogP contribution < -0.4 is 0 Å². The van der Waals surface area contributed by atoms with Crippen LogP contribution in [-0.4, -0.2) is 11.8 Å². The van der Waals surface area contributed by atoms with Gasteiger partial charge in [0.15, 0.2) is 0 Å². The monoisotopic (exact) mass is 396 g/mol. The normalized spacial score (nSPS) is 68.4. The van der Waals surface area contributed by atoms with Crippen molar-refractivity contribution in [3.8, 4) is 23.7 Å². The Hall–Kier alpha value is -0.300. The third-order valence-electron chi connectivity index (χ3n) is 11.6. The first-order chi connectivity index (χ1) is 13.0. The number of rotatable bonds is 2. The van der Waals surface area contributed by atoms with Crippen LogP contribution in [-0.2, 0) is 0 Å². The predicted octanol–water partition coefficient (Wildman–Crippen LogP) is 5.47. The highest BCUT2D eigenvalue weighted by Crippen LogP contribution is 2.88. The summed E-state index contributed by atoms with van der Waals surface area (Å²) in [5.74, 6) is 20.4. The van der Waals surface area contributed by atoms with E-state index < -0.39 is 0 Å². The van der Waals surface area contributed by atoms with Gasteiger partial charge in [-0.2, -0.15) is 0 Å². The van der Waals surface area contributed by atoms with Gasteiger partial charge in [0.2, 0.25) is 0 Å². The zero-order valence-electron chi connectivity index (χ0n) is 15.8. The number of hydrogen-bond acceptors (Lipinski definition) is 0. The Morgan fingerprint density at radius 3 is 1.26 bits per heavy atom. The van der Waals surface area contributed by atoms with Crippen LogP contribution in [0.4, 0.5) is 0 Å². The molecule has 0 aliphatic heterocycles. The Balaban J connectivity index is 0.979. The summed E-state index contributed by atoms with van der Waals surface area (Å²) >= 11 is 12.6. The van der Waals surface area contributed by atoms with E-state index in [0.29, 0.717) is 32.5 Å². The Bertz CT molecular complexity index is 817. The predicted molar refractivity (Wildman–Crippen MR) is 107 cm³/mol. The van der Waals surface area contributed by atoms with Crippen LogP contribution in [0.15, 0.2) is 0 Å². The van der Waals surface area contributed by atoms with Crippen LogP contribution in [0.1, 0.15) is 57.8 Å². The van der Waals surface area contributed by atoms with Crippen LogP contribution in [0, 0.1) is 79.8 Å². The molecule has 0 saturated heterocycles. The maximum atomic E-state index is 6.29. The van der Waals surface area contributed by atoms with E-state index in [0.717, 1.165) is 35.4 Å². The summed E-state index contributed by atoms with van der Waals surface area (Å²) in [6.07, 6.45) is 12.0. The van der Waals surface area contributed by atoms with E-state index in [1.54, 1.807) is 0 Å². The van der Waals surface area contributed by atoms with Crippen molar-refractivity contribution in [3.05, 3.63) is 0 Å². The molecule has 4 unspecified atom stereocenters. The summed E-state index contributed by atoms with van der Waals surface area (Å²) in [6, 6.07) is 0. The van der Waals surface area contributed by atoms with E-state index in [-0.39, 0.29) is 0 Å². The van der Waals surface area contributed by atoms with Crippen molar-refractivity contribution < 1.29 is 0 Å². The molecular weight excluding hydrogens is 371 g/mol. The lowest BCUT2D eigenvalue weighted by atomic mass is 9.27. The molecule has 0 amide bonds. The molecule has 0 aromatic rings. The van der Waals surface area contributed by atoms with Gasteiger partial charge in [0, 0.05) is 33.4 Å². The molecule has 0 spiro atoms. The number of halogens is 2. The second-order valence-electron chi connectivity index (χ2n) is 12.1. The molecule has 2 heteroatoms. The van der Waals surface area contributed by atoms with Gasteiger partial charge in [-0.3, -0.25) is 0 Å². The molecule has 13 aliphatic carbocycles. The van der Waals surface area contributed by atoms with Gasteiger partial charge in [0.25, 0.3) is 0 Å². The van der Waals surface area contributed by atoms with Crippen molar-refractivity contribution in [2.24, 2.45) is 56.2 Å². The van der Waals surface area contributed by atoms with Crippen molar-refractivity contribution in [2.45, 2.75) is 57.8 Å². The fourth-order valence-corrected chi connectivity index (χ4v) is 11.6. The molecule has 0 heterocycles. The largest absolute Gasteiger partial charge is 0.126 e. The van der Waals surface area contributed by atoms with Crippen molar-refractivity contribution in [1.29, 1.82) is 0 Å². The lowest BCUT2D eigenvalue weighted by Crippen LogP contribution is -2.73. The third-order valence-corrected chi connectivity index (χ3v) is 12.6. The zero-order valence-corrected chi connectivity index (χ0v) is 17.4. The van der Waals surface area contributed by atoms with Crippen molar-refractivity contribution in [2.75, 3.05) is 11.8 Å². The highest BCUT2D eigenvalue weighted by atomic mass is 35.5. The minimum absolute atomic E-state index is 0.355. The SMILES string of the molecule is ClCC12CC3(C#CC45CC(C#CC67CC8(CCl)C6CCC78)(C4)C5)C1CCC32. The van der Waals surface area contributed by atoms with E-state index in [2.05, 4.69) is 23.7 Å². The maximum Gasteiger partial charge on any atom is 0.0388 e. The smallest absolute Gasteiger partial charge is 0.0388 e. The van der Waals surface area contributed by atoms with Gasteiger partial charge in [-0.05, 0) is 92.3 Å². The maximum absolute atomic E-state index is 6.29. The van der Waals surface area contributed by atoms with Gasteiger partial charge < -0.3 is 0 Å². The molecule has 13 fully saturated rings. The average molecular weight is 397 g/mol. The molecule has 0 aromatic heterocycles. The second-order valence-corrected chi connectivity index (χ2v) is 12.7. The van der Waals surface area contributed by atoms with Crippen molar-refractivity contribution in [1.82, 2.24) is 0 Å². The molecular formula is C25H26Cl2. The molecule has 0 N–H and O–H groups in total. The molecule has 4 atom stereocenters. The summed E-state index contributed by atoms with van der Waals surface area (Å²) in [5.41, 5.74) is 2.56. The Morgan fingerprint density at radius 2 is 0.926 bits per heavy atom. The number of hydrogen-bond donors (Lipinski definition) is 0. The first kappa shape index (κ1) is 15.5. The summed E-state index contributed by atoms with van der Waals surface area (Å²) in [6.45, 7) is 0. The van der Waals surface area contributed by atoms with E-state index in [4.69, 9.17) is 23.2 Å². The Kier molecular flexibility index (Phi) is 2.29. The van der Waals surface area contributed by atoms with Crippen LogP contribution in [0.2, 0.25) is 0 Å². The molecule has 140 valence electrons. The van der Waals surface area contributed by atoms with E-state index in [1.807, 2.05) is 0 Å². The van der Waals surface area contributed by atoms with Gasteiger partial charge in [-0.1, -0.05) is 23.7 Å². The first-order valence-corrected chi connectivity index (χ1v) is 12.3. The highest BCUT2D eigenvalue weighted by Gasteiger charge is 2.85. The molecule has 10 bridgehead atoms. The van der Waals surface area contributed by atoms with Gasteiger partial charge in [-0.25, -0.2) is 0 Å². The number of fused-ring (bicyclic) bond motifs is 2. The van der Waals surface area contributed by atoms with Crippen LogP contribution in [0.25, 0.3) is 0 Å². The topological polar surface area (TPSA) is 0 Å². The average Bonchev–Trinajstić information content (AvgIpc) is 3.25. The molecule has 27 heavy (non-hydrogen) atoms. The van der Waals surface area contributed by atoms with Gasteiger partial charge in [-0.15, -0.1) is 23.2 Å². The minimum Gasteiger partial charge on any atom is -0.126 e. The molecule has 13 aliphatic rings. The molecule has 13 rings (SSSR count). The van der Waals surface area contributed by atoms with Crippen LogP contribution in [0.3, 0.4) is 0 Å². The van der Waals surface area contributed by atoms with Gasteiger partial charge >= 0.3 is 0 Å². The van der Waals surface area contributed by atoms with E-state index in [1.165, 1.54) is 57.8 Å². The summed E-state index contributed by atoms with van der Waals surface area (Å²) < 4.78 is 0. The first-order valence-electron chi connectivity index (χ1n) is 11.2. The lowest BCUT2D eigenvalue weighted by Gasteiger charge is -2.76. The molecule has 0 radical (unpaired) electrons. The van der Waals surface area contributed by atoms with Crippen molar-refractivity contribution in [3.63, 3.8) is 0 Å². The molecule has 0 aromatic carbocycles. The van der Waals surface area contributed by atoms with Crippen LogP contribution in [0.5, 0.6) is 0 Å². The quantitative estimate of drug-likeness (QED) is 0.428. The van der Waals surface area contributed by atoms with Gasteiger partial charge in [0.1, 0.15) is 0 Å². The summed E-state index contributed by atoms with van der Waals surface area (Å²) in [4.78, 5) is 0. The minimum atomic E-state index is 0.355. The van der Waals surface area contributed by atoms with Crippen molar-refractivity contribution >= 4 is 23.2 Å². The standard InChI is InChI=1S/C25H26Cl2/c26-14-24-12-22(16(24)1-2-17(22)24)7-5-20-9-21(10-20,11-20)6-8-23-13-25(15-27)18(23)3-4-19(23)25/h16-19H,1-4,9-15H2.